The van der Waals surface area contributed by atoms with Crippen molar-refractivity contribution in [3.05, 3.63) is 51.2 Å². The molecular weight excluding hydrogens is 449 g/mol. The fourth-order valence-corrected chi connectivity index (χ4v) is 3.99. The Hall–Kier alpha value is -2.31. The van der Waals surface area contributed by atoms with E-state index < -0.39 is 11.7 Å². The van der Waals surface area contributed by atoms with E-state index in [1.807, 2.05) is 0 Å². The van der Waals surface area contributed by atoms with Gasteiger partial charge < -0.3 is 11.2 Å². The minimum absolute atomic E-state index is 0.0453. The molecule has 0 spiro atoms. The van der Waals surface area contributed by atoms with Crippen molar-refractivity contribution >= 4 is 45.7 Å². The lowest BCUT2D eigenvalue weighted by molar-refractivity contribution is -0.137. The number of aromatic nitrogens is 4. The highest BCUT2D eigenvalue weighted by Gasteiger charge is 2.31. The number of hydrogen-bond acceptors (Lipinski definition) is 7. The van der Waals surface area contributed by atoms with E-state index in [0.29, 0.717) is 26.6 Å². The van der Waals surface area contributed by atoms with Crippen LogP contribution in [0.4, 0.5) is 18.3 Å². The van der Waals surface area contributed by atoms with Crippen molar-refractivity contribution in [2.75, 3.05) is 16.9 Å². The molecule has 0 aliphatic carbocycles. The molecule has 3 rings (SSSR count). The van der Waals surface area contributed by atoms with Crippen LogP contribution in [0.25, 0.3) is 0 Å². The Morgan fingerprint density at radius 3 is 2.79 bits per heavy atom. The fraction of sp³-hybridized carbons (Fsp3) is 0.250. The largest absolute Gasteiger partial charge is 0.416 e. The fourth-order valence-electron chi connectivity index (χ4n) is 2.26. The average Bonchev–Trinajstić information content (AvgIpc) is 3.21. The summed E-state index contributed by atoms with van der Waals surface area (Å²) in [6, 6.07) is 3.17. The minimum atomic E-state index is -4.45. The maximum absolute atomic E-state index is 12.9. The summed E-state index contributed by atoms with van der Waals surface area (Å²) in [4.78, 5) is 16.8. The minimum Gasteiger partial charge on any atom is -0.336 e. The molecule has 2 heterocycles. The van der Waals surface area contributed by atoms with Gasteiger partial charge in [-0.2, -0.15) is 13.2 Å². The van der Waals surface area contributed by atoms with E-state index in [4.69, 9.17) is 17.4 Å². The number of halogens is 4. The molecule has 3 aromatic rings. The smallest absolute Gasteiger partial charge is 0.336 e. The lowest BCUT2D eigenvalue weighted by atomic mass is 10.1. The van der Waals surface area contributed by atoms with E-state index in [0.717, 1.165) is 35.2 Å². The van der Waals surface area contributed by atoms with Crippen molar-refractivity contribution in [1.82, 2.24) is 19.9 Å². The molecule has 1 aromatic carbocycles. The summed E-state index contributed by atoms with van der Waals surface area (Å²) < 4.78 is 39.9. The molecule has 0 saturated heterocycles. The van der Waals surface area contributed by atoms with E-state index >= 15 is 0 Å². The molecule has 154 valence electrons. The van der Waals surface area contributed by atoms with Crippen LogP contribution in [0.5, 0.6) is 0 Å². The first-order valence-electron chi connectivity index (χ1n) is 8.03. The van der Waals surface area contributed by atoms with Crippen LogP contribution in [-0.4, -0.2) is 31.5 Å². The summed E-state index contributed by atoms with van der Waals surface area (Å²) in [7, 11) is 0. The summed E-state index contributed by atoms with van der Waals surface area (Å²) in [6.45, 7) is 1.69. The van der Waals surface area contributed by atoms with Crippen molar-refractivity contribution in [1.29, 1.82) is 0 Å². The number of nitrogens with two attached hydrogens (primary N) is 1. The number of hydrogen-bond donors (Lipinski definition) is 2. The van der Waals surface area contributed by atoms with Gasteiger partial charge in [0.1, 0.15) is 5.82 Å². The maximum atomic E-state index is 12.9. The third-order valence-electron chi connectivity index (χ3n) is 3.70. The van der Waals surface area contributed by atoms with E-state index in [1.54, 1.807) is 6.92 Å². The summed E-state index contributed by atoms with van der Waals surface area (Å²) in [6.07, 6.45) is -2.79. The van der Waals surface area contributed by atoms with Crippen LogP contribution in [0.3, 0.4) is 0 Å². The number of anilines is 1. The van der Waals surface area contributed by atoms with Gasteiger partial charge in [-0.05, 0) is 30.7 Å². The SMILES string of the molecule is Cc1nnc(SCC(=O)Nc2ncc(Cc3cc(C(F)(F)F)ccc3Cl)s2)n1N. The molecule has 0 radical (unpaired) electrons. The Kier molecular flexibility index (Phi) is 6.34. The Balaban J connectivity index is 1.61. The number of thioether (sulfide) groups is 1. The lowest BCUT2D eigenvalue weighted by Crippen LogP contribution is -2.16. The summed E-state index contributed by atoms with van der Waals surface area (Å²) in [5.41, 5.74) is -0.439. The Morgan fingerprint density at radius 2 is 2.14 bits per heavy atom. The van der Waals surface area contributed by atoms with Crippen LogP contribution < -0.4 is 11.2 Å². The molecule has 29 heavy (non-hydrogen) atoms. The van der Waals surface area contributed by atoms with Gasteiger partial charge in [-0.3, -0.25) is 4.79 Å². The van der Waals surface area contributed by atoms with Gasteiger partial charge in [0.2, 0.25) is 11.1 Å². The number of aryl methyl sites for hydroxylation is 1. The first kappa shape index (κ1) is 21.4. The zero-order valence-corrected chi connectivity index (χ0v) is 17.2. The molecular formula is C16H14ClF3N6OS2. The highest BCUT2D eigenvalue weighted by atomic mass is 35.5. The number of nitrogen functional groups attached to an aromatic ring is 1. The third-order valence-corrected chi connectivity index (χ3v) is 5.93. The van der Waals surface area contributed by atoms with Crippen molar-refractivity contribution in [3.63, 3.8) is 0 Å². The van der Waals surface area contributed by atoms with Gasteiger partial charge >= 0.3 is 6.18 Å². The van der Waals surface area contributed by atoms with Gasteiger partial charge in [0.05, 0.1) is 11.3 Å². The number of thiazole rings is 1. The highest BCUT2D eigenvalue weighted by molar-refractivity contribution is 7.99. The number of carbonyl (C=O) groups excluding carboxylic acids is 1. The number of amides is 1. The predicted molar refractivity (Wildman–Crippen MR) is 106 cm³/mol. The first-order chi connectivity index (χ1) is 13.6. The van der Waals surface area contributed by atoms with Crippen molar-refractivity contribution in [3.8, 4) is 0 Å². The number of nitrogens with zero attached hydrogens (tertiary/aromatic N) is 4. The lowest BCUT2D eigenvalue weighted by Gasteiger charge is -2.09. The molecule has 0 fully saturated rings. The normalized spacial score (nSPS) is 11.6. The summed E-state index contributed by atoms with van der Waals surface area (Å²) >= 11 is 8.30. The van der Waals surface area contributed by atoms with E-state index in [2.05, 4.69) is 20.5 Å². The second-order valence-corrected chi connectivity index (χ2v) is 8.31. The topological polar surface area (TPSA) is 98.7 Å². The van der Waals surface area contributed by atoms with E-state index in [-0.39, 0.29) is 23.1 Å². The Bertz CT molecular complexity index is 1040. The van der Waals surface area contributed by atoms with Gasteiger partial charge in [0.25, 0.3) is 0 Å². The van der Waals surface area contributed by atoms with Crippen LogP contribution in [0, 0.1) is 6.92 Å². The first-order valence-corrected chi connectivity index (χ1v) is 10.2. The summed E-state index contributed by atoms with van der Waals surface area (Å²) in [5, 5.41) is 11.2. The third kappa shape index (κ3) is 5.40. The second-order valence-electron chi connectivity index (χ2n) is 5.85. The van der Waals surface area contributed by atoms with E-state index in [1.165, 1.54) is 16.9 Å². The van der Waals surface area contributed by atoms with Crippen LogP contribution in [0.2, 0.25) is 5.02 Å². The molecule has 0 bridgehead atoms. The molecule has 13 heteroatoms. The Labute approximate surface area is 176 Å². The molecule has 0 unspecified atom stereocenters. The zero-order valence-electron chi connectivity index (χ0n) is 14.8. The average molecular weight is 463 g/mol. The van der Waals surface area contributed by atoms with Gasteiger partial charge in [-0.25, -0.2) is 9.66 Å². The monoisotopic (exact) mass is 462 g/mol. The molecule has 0 saturated carbocycles. The number of nitrogens with one attached hydrogen (secondary N) is 1. The number of alkyl halides is 3. The molecule has 3 N–H and O–H groups in total. The number of benzene rings is 1. The van der Waals surface area contributed by atoms with Gasteiger partial charge in [-0.15, -0.1) is 21.5 Å². The van der Waals surface area contributed by atoms with Crippen LogP contribution >= 0.6 is 34.7 Å². The molecule has 0 aliphatic rings. The van der Waals surface area contributed by atoms with Crippen molar-refractivity contribution in [2.24, 2.45) is 0 Å². The number of rotatable bonds is 6. The quantitative estimate of drug-likeness (QED) is 0.427. The van der Waals surface area contributed by atoms with E-state index in [9.17, 15) is 18.0 Å². The van der Waals surface area contributed by atoms with Crippen LogP contribution in [0.1, 0.15) is 21.8 Å². The van der Waals surface area contributed by atoms with Crippen molar-refractivity contribution in [2.45, 2.75) is 24.7 Å². The van der Waals surface area contributed by atoms with Crippen molar-refractivity contribution < 1.29 is 18.0 Å². The molecule has 1 amide bonds. The molecule has 0 atom stereocenters. The van der Waals surface area contributed by atoms with Gasteiger partial charge in [0, 0.05) is 22.5 Å². The highest BCUT2D eigenvalue weighted by Crippen LogP contribution is 2.33. The number of carbonyl (C=O) groups is 1. The van der Waals surface area contributed by atoms with Gasteiger partial charge in [-0.1, -0.05) is 23.4 Å². The summed E-state index contributed by atoms with van der Waals surface area (Å²) in [5.74, 6) is 5.95. The predicted octanol–water partition coefficient (Wildman–Crippen LogP) is 3.75. The maximum Gasteiger partial charge on any atom is 0.416 e. The molecule has 2 aromatic heterocycles. The molecule has 0 aliphatic heterocycles. The van der Waals surface area contributed by atoms with Crippen LogP contribution in [0.15, 0.2) is 29.6 Å². The standard InChI is InChI=1S/C16H14ClF3N6OS2/c1-8-24-25-15(26(8)21)28-7-13(27)23-14-22-6-11(29-14)5-9-4-10(16(18,19)20)2-3-12(9)17/h2-4,6H,5,7,21H2,1H3,(H,22,23,27). The second kappa shape index (κ2) is 8.59. The zero-order chi connectivity index (χ0) is 21.2. The van der Waals surface area contributed by atoms with Crippen LogP contribution in [-0.2, 0) is 17.4 Å². The Morgan fingerprint density at radius 1 is 1.38 bits per heavy atom. The molecule has 7 nitrogen and oxygen atoms in total. The van der Waals surface area contributed by atoms with Gasteiger partial charge in [0.15, 0.2) is 5.13 Å².